The van der Waals surface area contributed by atoms with Crippen LogP contribution >= 0.6 is 0 Å². The lowest BCUT2D eigenvalue weighted by molar-refractivity contribution is -0.870. The van der Waals surface area contributed by atoms with Gasteiger partial charge in [-0.05, 0) is 64.2 Å². The third kappa shape index (κ3) is 32.4. The van der Waals surface area contributed by atoms with E-state index in [0.29, 0.717) is 17.4 Å². The minimum atomic E-state index is -1.59. The molecule has 0 aliphatic rings. The van der Waals surface area contributed by atoms with E-state index in [1.54, 1.807) is 0 Å². The third-order valence-electron chi connectivity index (χ3n) is 6.39. The zero-order valence-corrected chi connectivity index (χ0v) is 28.9. The fourth-order valence-electron chi connectivity index (χ4n) is 3.74. The van der Waals surface area contributed by atoms with Gasteiger partial charge in [-0.25, -0.2) is 0 Å². The van der Waals surface area contributed by atoms with Gasteiger partial charge < -0.3 is 33.7 Å². The molecule has 46 heavy (non-hydrogen) atoms. The maximum Gasteiger partial charge on any atom is 0.305 e. The number of aliphatic carboxylic acids is 1. The first-order valence-electron chi connectivity index (χ1n) is 16.8. The summed E-state index contributed by atoms with van der Waals surface area (Å²) in [4.78, 5) is 23.1. The Morgan fingerprint density at radius 1 is 0.674 bits per heavy atom. The van der Waals surface area contributed by atoms with Gasteiger partial charge in [-0.2, -0.15) is 0 Å². The summed E-state index contributed by atoms with van der Waals surface area (Å²) in [5, 5.41) is 21.1. The van der Waals surface area contributed by atoms with Crippen LogP contribution in [-0.2, 0) is 23.8 Å². The average molecular weight is 644 g/mol. The second kappa shape index (κ2) is 30.6. The highest BCUT2D eigenvalue weighted by atomic mass is 16.7. The molecule has 2 atom stereocenters. The zero-order chi connectivity index (χ0) is 34.1. The third-order valence-corrected chi connectivity index (χ3v) is 6.39. The Hall–Kier alpha value is -3.04. The highest BCUT2D eigenvalue weighted by molar-refractivity contribution is 5.69. The van der Waals surface area contributed by atoms with Crippen molar-refractivity contribution in [2.24, 2.45) is 0 Å². The minimum Gasteiger partial charge on any atom is -0.545 e. The van der Waals surface area contributed by atoms with Crippen LogP contribution in [-0.4, -0.2) is 81.4 Å². The van der Waals surface area contributed by atoms with Crippen LogP contribution in [0.15, 0.2) is 85.1 Å². The van der Waals surface area contributed by atoms with Gasteiger partial charge in [0.2, 0.25) is 0 Å². The molecule has 0 aromatic rings. The second-order valence-electron chi connectivity index (χ2n) is 11.9. The van der Waals surface area contributed by atoms with Crippen molar-refractivity contribution in [3.05, 3.63) is 85.1 Å². The van der Waals surface area contributed by atoms with Crippen molar-refractivity contribution >= 4 is 11.9 Å². The van der Waals surface area contributed by atoms with E-state index >= 15 is 0 Å². The molecule has 2 unspecified atom stereocenters. The molecule has 8 nitrogen and oxygen atoms in total. The molecule has 0 amide bonds. The summed E-state index contributed by atoms with van der Waals surface area (Å²) in [5.41, 5.74) is 0. The summed E-state index contributed by atoms with van der Waals surface area (Å²) < 4.78 is 15.9. The van der Waals surface area contributed by atoms with Crippen molar-refractivity contribution in [2.45, 2.75) is 96.4 Å². The topological polar surface area (TPSA) is 105 Å². The number of aliphatic hydroxyl groups is 1. The molecular formula is C38H61NO7. The molecule has 0 aliphatic carbocycles. The Labute approximate surface area is 279 Å². The zero-order valence-electron chi connectivity index (χ0n) is 28.9. The predicted molar refractivity (Wildman–Crippen MR) is 186 cm³/mol. The number of carbonyl (C=O) groups is 2. The van der Waals surface area contributed by atoms with E-state index < -0.39 is 24.3 Å². The SMILES string of the molecule is CC/C=C\C/C=C\C/C=C\C/C=C\C/C=C\C/C=C\C/C=C\CCCCCC(=O)OCC(O)COC(OCC[N+](C)(C)C)C(=O)[O-]. The number of carboxylic acids is 1. The number of carbonyl (C=O) groups excluding carboxylic acids is 2. The normalized spacial score (nSPS) is 14.4. The Bertz CT molecular complexity index is 970. The molecule has 0 aliphatic heterocycles. The van der Waals surface area contributed by atoms with Crippen molar-refractivity contribution in [1.82, 2.24) is 0 Å². The van der Waals surface area contributed by atoms with Crippen LogP contribution in [0.2, 0.25) is 0 Å². The number of unbranched alkanes of at least 4 members (excludes halogenated alkanes) is 3. The number of quaternary nitrogens is 1. The number of rotatable bonds is 29. The summed E-state index contributed by atoms with van der Waals surface area (Å²) >= 11 is 0. The molecule has 0 aromatic carbocycles. The molecule has 0 rings (SSSR count). The first-order valence-corrected chi connectivity index (χ1v) is 16.8. The van der Waals surface area contributed by atoms with E-state index in [9.17, 15) is 19.8 Å². The van der Waals surface area contributed by atoms with E-state index in [0.717, 1.165) is 64.2 Å². The average Bonchev–Trinajstić information content (AvgIpc) is 3.00. The van der Waals surface area contributed by atoms with Gasteiger partial charge in [0.1, 0.15) is 19.3 Å². The Morgan fingerprint density at radius 2 is 1.15 bits per heavy atom. The van der Waals surface area contributed by atoms with Crippen LogP contribution in [0.25, 0.3) is 0 Å². The maximum atomic E-state index is 11.9. The van der Waals surface area contributed by atoms with Crippen LogP contribution in [0.4, 0.5) is 0 Å². The molecule has 260 valence electrons. The van der Waals surface area contributed by atoms with E-state index in [2.05, 4.69) is 92.0 Å². The molecule has 0 heterocycles. The van der Waals surface area contributed by atoms with Gasteiger partial charge in [-0.3, -0.25) is 4.79 Å². The van der Waals surface area contributed by atoms with Crippen molar-refractivity contribution in [3.63, 3.8) is 0 Å². The Morgan fingerprint density at radius 3 is 1.61 bits per heavy atom. The molecule has 0 aromatic heterocycles. The summed E-state index contributed by atoms with van der Waals surface area (Å²) in [6, 6.07) is 0. The first kappa shape index (κ1) is 43.0. The molecule has 0 saturated carbocycles. The molecule has 0 saturated heterocycles. The lowest BCUT2D eigenvalue weighted by atomic mass is 10.1. The van der Waals surface area contributed by atoms with E-state index in [1.165, 1.54) is 0 Å². The van der Waals surface area contributed by atoms with Gasteiger partial charge in [0.25, 0.3) is 0 Å². The van der Waals surface area contributed by atoms with Gasteiger partial charge in [-0.1, -0.05) is 98.4 Å². The Balaban J connectivity index is 3.75. The van der Waals surface area contributed by atoms with Gasteiger partial charge in [-0.15, -0.1) is 0 Å². The Kier molecular flexibility index (Phi) is 28.6. The molecule has 0 bridgehead atoms. The number of likely N-dealkylation sites (N-methyl/N-ethyl adjacent to an activating group) is 1. The number of aliphatic hydroxyl groups excluding tert-OH is 1. The number of carboxylic acid groups (broad SMARTS) is 1. The molecule has 0 spiro atoms. The van der Waals surface area contributed by atoms with Crippen molar-refractivity contribution in [1.29, 1.82) is 0 Å². The van der Waals surface area contributed by atoms with Crippen molar-refractivity contribution < 1.29 is 38.5 Å². The highest BCUT2D eigenvalue weighted by Crippen LogP contribution is 2.06. The van der Waals surface area contributed by atoms with Gasteiger partial charge in [0, 0.05) is 6.42 Å². The quantitative estimate of drug-likeness (QED) is 0.0335. The van der Waals surface area contributed by atoms with E-state index in [4.69, 9.17) is 14.2 Å². The van der Waals surface area contributed by atoms with Crippen LogP contribution < -0.4 is 5.11 Å². The predicted octanol–water partition coefficient (Wildman–Crippen LogP) is 6.30. The monoisotopic (exact) mass is 643 g/mol. The summed E-state index contributed by atoms with van der Waals surface area (Å²) in [6.45, 7) is 2.27. The number of allylic oxidation sites excluding steroid dienone is 14. The minimum absolute atomic E-state index is 0.159. The van der Waals surface area contributed by atoms with E-state index in [1.807, 2.05) is 21.1 Å². The summed E-state index contributed by atoms with van der Waals surface area (Å²) in [7, 11) is 5.84. The van der Waals surface area contributed by atoms with Crippen LogP contribution in [0, 0.1) is 0 Å². The summed E-state index contributed by atoms with van der Waals surface area (Å²) in [6.07, 6.45) is 38.7. The number of hydrogen-bond donors (Lipinski definition) is 1. The van der Waals surface area contributed by atoms with Crippen LogP contribution in [0.3, 0.4) is 0 Å². The lowest BCUT2D eigenvalue weighted by Gasteiger charge is -2.26. The van der Waals surface area contributed by atoms with Crippen molar-refractivity contribution in [2.75, 3.05) is 47.5 Å². The number of hydrogen-bond acceptors (Lipinski definition) is 7. The van der Waals surface area contributed by atoms with Crippen molar-refractivity contribution in [3.8, 4) is 0 Å². The number of nitrogens with zero attached hydrogens (tertiary/aromatic N) is 1. The lowest BCUT2D eigenvalue weighted by Crippen LogP contribution is -2.44. The second-order valence-corrected chi connectivity index (χ2v) is 11.9. The van der Waals surface area contributed by atoms with Gasteiger partial charge >= 0.3 is 5.97 Å². The molecule has 8 heteroatoms. The molecule has 1 N–H and O–H groups in total. The number of esters is 1. The van der Waals surface area contributed by atoms with Crippen LogP contribution in [0.1, 0.15) is 84.0 Å². The molecular weight excluding hydrogens is 582 g/mol. The number of ether oxygens (including phenoxy) is 3. The smallest absolute Gasteiger partial charge is 0.305 e. The summed E-state index contributed by atoms with van der Waals surface area (Å²) in [5.74, 6) is -1.92. The van der Waals surface area contributed by atoms with Crippen LogP contribution in [0.5, 0.6) is 0 Å². The fraction of sp³-hybridized carbons (Fsp3) is 0.579. The fourth-order valence-corrected chi connectivity index (χ4v) is 3.74. The highest BCUT2D eigenvalue weighted by Gasteiger charge is 2.17. The molecule has 0 radical (unpaired) electrons. The van der Waals surface area contributed by atoms with Gasteiger partial charge in [0.15, 0.2) is 6.29 Å². The van der Waals surface area contributed by atoms with Gasteiger partial charge in [0.05, 0.1) is 40.3 Å². The van der Waals surface area contributed by atoms with E-state index in [-0.39, 0.29) is 26.2 Å². The maximum absolute atomic E-state index is 11.9. The first-order chi connectivity index (χ1) is 22.2. The molecule has 0 fully saturated rings. The largest absolute Gasteiger partial charge is 0.545 e. The standard InChI is InChI=1S/C38H61NO7/c1-5-6-7-8-9-10-11-12-13-14-15-16-17-18-19-20-21-22-23-24-25-26-27-28-29-30-36(41)45-33-35(40)34-46-38(37(42)43)44-32-31-39(2,3)4/h6-7,9-10,12-13,15-16,18-19,21-22,24-25,35,38,40H,5,8,11,14,17,20,23,26-34H2,1-4H3/b7-6-,10-9-,13-12-,16-15-,19-18-,22-21-,25-24-.